The number of nitrogens with one attached hydrogen (secondary N) is 1. The molecule has 0 amide bonds. The first kappa shape index (κ1) is 13.4. The smallest absolute Gasteiger partial charge is 0.0499 e. The summed E-state index contributed by atoms with van der Waals surface area (Å²) in [5.41, 5.74) is 3.46. The zero-order chi connectivity index (χ0) is 13.0. The lowest BCUT2D eigenvalue weighted by Gasteiger charge is -2.10. The normalized spacial score (nSPS) is 10.4. The number of benzene rings is 2. The molecular formula is C15H15BrClN. The monoisotopic (exact) mass is 323 g/mol. The summed E-state index contributed by atoms with van der Waals surface area (Å²) in [5, 5.41) is 4.19. The third-order valence-corrected chi connectivity index (χ3v) is 3.88. The lowest BCUT2D eigenvalue weighted by molar-refractivity contribution is 1.02. The molecule has 0 unspecified atom stereocenters. The molecule has 0 saturated heterocycles. The van der Waals surface area contributed by atoms with Crippen molar-refractivity contribution in [1.29, 1.82) is 0 Å². The number of rotatable bonds is 4. The second-order valence-corrected chi connectivity index (χ2v) is 5.51. The Morgan fingerprint density at radius 1 is 1.17 bits per heavy atom. The Bertz CT molecular complexity index is 526. The van der Waals surface area contributed by atoms with Crippen molar-refractivity contribution in [1.82, 2.24) is 0 Å². The van der Waals surface area contributed by atoms with Gasteiger partial charge in [-0.05, 0) is 52.5 Å². The van der Waals surface area contributed by atoms with Crippen molar-refractivity contribution in [2.45, 2.75) is 13.3 Å². The number of aryl methyl sites for hydroxylation is 1. The molecule has 0 spiro atoms. The predicted octanol–water partition coefficient (Wildman–Crippen LogP) is 5.07. The zero-order valence-corrected chi connectivity index (χ0v) is 12.6. The maximum Gasteiger partial charge on any atom is 0.0499 e. The van der Waals surface area contributed by atoms with Gasteiger partial charge in [-0.2, -0.15) is 0 Å². The van der Waals surface area contributed by atoms with E-state index in [0.29, 0.717) is 0 Å². The van der Waals surface area contributed by atoms with Crippen molar-refractivity contribution in [3.8, 4) is 0 Å². The van der Waals surface area contributed by atoms with E-state index in [1.807, 2.05) is 25.1 Å². The van der Waals surface area contributed by atoms with Crippen LogP contribution in [0.2, 0.25) is 5.02 Å². The van der Waals surface area contributed by atoms with Crippen LogP contribution < -0.4 is 5.32 Å². The van der Waals surface area contributed by atoms with Crippen LogP contribution in [-0.4, -0.2) is 6.54 Å². The second-order valence-electron chi connectivity index (χ2n) is 4.24. The van der Waals surface area contributed by atoms with Gasteiger partial charge in [0.05, 0.1) is 0 Å². The van der Waals surface area contributed by atoms with E-state index in [-0.39, 0.29) is 0 Å². The SMILES string of the molecule is Cc1cc(Br)c(NCCc2ccccc2)cc1Cl. The summed E-state index contributed by atoms with van der Waals surface area (Å²) in [6.07, 6.45) is 0.999. The van der Waals surface area contributed by atoms with Gasteiger partial charge in [0.25, 0.3) is 0 Å². The molecular weight excluding hydrogens is 310 g/mol. The van der Waals surface area contributed by atoms with Gasteiger partial charge >= 0.3 is 0 Å². The van der Waals surface area contributed by atoms with Crippen molar-refractivity contribution in [3.05, 3.63) is 63.1 Å². The van der Waals surface area contributed by atoms with E-state index < -0.39 is 0 Å². The summed E-state index contributed by atoms with van der Waals surface area (Å²) in [4.78, 5) is 0. The summed E-state index contributed by atoms with van der Waals surface area (Å²) in [6.45, 7) is 2.89. The molecule has 0 radical (unpaired) electrons. The fraction of sp³-hybridized carbons (Fsp3) is 0.200. The molecule has 3 heteroatoms. The molecule has 0 heterocycles. The number of hydrogen-bond acceptors (Lipinski definition) is 1. The van der Waals surface area contributed by atoms with Gasteiger partial charge in [0.1, 0.15) is 0 Å². The van der Waals surface area contributed by atoms with E-state index in [2.05, 4.69) is 45.5 Å². The highest BCUT2D eigenvalue weighted by Crippen LogP contribution is 2.29. The van der Waals surface area contributed by atoms with E-state index >= 15 is 0 Å². The van der Waals surface area contributed by atoms with Crippen molar-refractivity contribution >= 4 is 33.2 Å². The molecule has 2 rings (SSSR count). The fourth-order valence-corrected chi connectivity index (χ4v) is 2.53. The quantitative estimate of drug-likeness (QED) is 0.828. The lowest BCUT2D eigenvalue weighted by Crippen LogP contribution is -2.05. The highest BCUT2D eigenvalue weighted by molar-refractivity contribution is 9.10. The van der Waals surface area contributed by atoms with Gasteiger partial charge in [-0.3, -0.25) is 0 Å². The molecule has 0 bridgehead atoms. The van der Waals surface area contributed by atoms with Crippen molar-refractivity contribution < 1.29 is 0 Å². The molecule has 1 N–H and O–H groups in total. The Kier molecular flexibility index (Phi) is 4.67. The van der Waals surface area contributed by atoms with Crippen LogP contribution >= 0.6 is 27.5 Å². The molecule has 0 aliphatic rings. The molecule has 94 valence electrons. The first-order valence-electron chi connectivity index (χ1n) is 5.90. The minimum atomic E-state index is 0.792. The molecule has 2 aromatic rings. The minimum absolute atomic E-state index is 0.792. The summed E-state index contributed by atoms with van der Waals surface area (Å²) >= 11 is 9.67. The third kappa shape index (κ3) is 3.50. The molecule has 0 atom stereocenters. The summed E-state index contributed by atoms with van der Waals surface area (Å²) < 4.78 is 1.05. The first-order valence-corrected chi connectivity index (χ1v) is 7.07. The van der Waals surface area contributed by atoms with E-state index in [0.717, 1.165) is 33.7 Å². The van der Waals surface area contributed by atoms with Gasteiger partial charge < -0.3 is 5.32 Å². The number of hydrogen-bond donors (Lipinski definition) is 1. The Hall–Kier alpha value is -0.990. The lowest BCUT2D eigenvalue weighted by atomic mass is 10.1. The molecule has 0 fully saturated rings. The van der Waals surface area contributed by atoms with Crippen LogP contribution in [0.25, 0.3) is 0 Å². The highest BCUT2D eigenvalue weighted by Gasteiger charge is 2.03. The Balaban J connectivity index is 1.97. The van der Waals surface area contributed by atoms with Crippen molar-refractivity contribution in [3.63, 3.8) is 0 Å². The van der Waals surface area contributed by atoms with Crippen LogP contribution in [0.5, 0.6) is 0 Å². The van der Waals surface area contributed by atoms with Crippen molar-refractivity contribution in [2.75, 3.05) is 11.9 Å². The third-order valence-electron chi connectivity index (χ3n) is 2.82. The van der Waals surface area contributed by atoms with Gasteiger partial charge in [0.2, 0.25) is 0 Å². The van der Waals surface area contributed by atoms with Crippen LogP contribution in [0, 0.1) is 6.92 Å². The van der Waals surface area contributed by atoms with Gasteiger partial charge in [0.15, 0.2) is 0 Å². The van der Waals surface area contributed by atoms with E-state index in [4.69, 9.17) is 11.6 Å². The van der Waals surface area contributed by atoms with Crippen LogP contribution in [0.1, 0.15) is 11.1 Å². The topological polar surface area (TPSA) is 12.0 Å². The molecule has 0 aromatic heterocycles. The number of anilines is 1. The average molecular weight is 325 g/mol. The molecule has 1 nitrogen and oxygen atoms in total. The highest BCUT2D eigenvalue weighted by atomic mass is 79.9. The minimum Gasteiger partial charge on any atom is -0.384 e. The average Bonchev–Trinajstić information content (AvgIpc) is 2.37. The first-order chi connectivity index (χ1) is 8.66. The Morgan fingerprint density at radius 3 is 2.61 bits per heavy atom. The predicted molar refractivity (Wildman–Crippen MR) is 82.5 cm³/mol. The van der Waals surface area contributed by atoms with Gasteiger partial charge in [0, 0.05) is 21.7 Å². The van der Waals surface area contributed by atoms with E-state index in [1.54, 1.807) is 0 Å². The molecule has 0 aliphatic heterocycles. The summed E-state index contributed by atoms with van der Waals surface area (Å²) in [5.74, 6) is 0. The molecule has 18 heavy (non-hydrogen) atoms. The van der Waals surface area contributed by atoms with E-state index in [1.165, 1.54) is 5.56 Å². The molecule has 0 saturated carbocycles. The van der Waals surface area contributed by atoms with E-state index in [9.17, 15) is 0 Å². The van der Waals surface area contributed by atoms with Gasteiger partial charge in [-0.25, -0.2) is 0 Å². The fourth-order valence-electron chi connectivity index (χ4n) is 1.77. The Morgan fingerprint density at radius 2 is 1.89 bits per heavy atom. The molecule has 2 aromatic carbocycles. The standard InChI is InChI=1S/C15H15BrClN/c1-11-9-13(16)15(10-14(11)17)18-8-7-12-5-3-2-4-6-12/h2-6,9-10,18H,7-8H2,1H3. The largest absolute Gasteiger partial charge is 0.384 e. The van der Waals surface area contributed by atoms with Crippen LogP contribution in [0.3, 0.4) is 0 Å². The summed E-state index contributed by atoms with van der Waals surface area (Å²) in [7, 11) is 0. The second kappa shape index (κ2) is 6.26. The van der Waals surface area contributed by atoms with Crippen LogP contribution in [0.4, 0.5) is 5.69 Å². The number of halogens is 2. The molecule has 0 aliphatic carbocycles. The maximum absolute atomic E-state index is 6.12. The van der Waals surface area contributed by atoms with Crippen LogP contribution in [0.15, 0.2) is 46.9 Å². The van der Waals surface area contributed by atoms with Crippen LogP contribution in [-0.2, 0) is 6.42 Å². The maximum atomic E-state index is 6.12. The van der Waals surface area contributed by atoms with Gasteiger partial charge in [-0.1, -0.05) is 41.9 Å². The summed E-state index contributed by atoms with van der Waals surface area (Å²) in [6, 6.07) is 14.4. The van der Waals surface area contributed by atoms with Crippen molar-refractivity contribution in [2.24, 2.45) is 0 Å². The van der Waals surface area contributed by atoms with Gasteiger partial charge in [-0.15, -0.1) is 0 Å². The Labute approximate surface area is 121 Å². The zero-order valence-electron chi connectivity index (χ0n) is 10.2.